The molecule has 210 valence electrons. The van der Waals surface area contributed by atoms with Crippen molar-refractivity contribution in [2.45, 2.75) is 110 Å². The van der Waals surface area contributed by atoms with Crippen LogP contribution >= 0.6 is 0 Å². The van der Waals surface area contributed by atoms with Gasteiger partial charge in [-0.15, -0.1) is 0 Å². The molecule has 38 heavy (non-hydrogen) atoms. The van der Waals surface area contributed by atoms with Crippen LogP contribution in [0.1, 0.15) is 108 Å². The number of hydrogen-bond donors (Lipinski definition) is 3. The molecule has 0 aromatic heterocycles. The Hall–Kier alpha value is -2.94. The van der Waals surface area contributed by atoms with E-state index < -0.39 is 0 Å². The van der Waals surface area contributed by atoms with Gasteiger partial charge in [0.15, 0.2) is 0 Å². The summed E-state index contributed by atoms with van der Waals surface area (Å²) in [5.74, 6) is 1.22. The highest BCUT2D eigenvalue weighted by atomic mass is 16.3. The Morgan fingerprint density at radius 1 is 0.395 bits per heavy atom. The van der Waals surface area contributed by atoms with E-state index in [1.165, 1.54) is 83.5 Å². The Morgan fingerprint density at radius 2 is 0.737 bits per heavy atom. The highest BCUT2D eigenvalue weighted by Crippen LogP contribution is 2.20. The molecule has 0 saturated heterocycles. The Kier molecular flexibility index (Phi) is 20.2. The summed E-state index contributed by atoms with van der Waals surface area (Å²) in [7, 11) is 0. The van der Waals surface area contributed by atoms with Gasteiger partial charge < -0.3 is 15.3 Å². The summed E-state index contributed by atoms with van der Waals surface area (Å²) < 4.78 is 0. The molecule has 3 nitrogen and oxygen atoms in total. The highest BCUT2D eigenvalue weighted by Gasteiger charge is 2.00. The minimum absolute atomic E-state index is 0.322. The molecule has 0 radical (unpaired) electrons. The Morgan fingerprint density at radius 3 is 1.08 bits per heavy atom. The molecule has 0 heterocycles. The van der Waals surface area contributed by atoms with Gasteiger partial charge in [0.1, 0.15) is 17.2 Å². The van der Waals surface area contributed by atoms with Gasteiger partial charge in [0.25, 0.3) is 0 Å². The largest absolute Gasteiger partial charge is 0.508 e. The van der Waals surface area contributed by atoms with Gasteiger partial charge in [-0.05, 0) is 61.1 Å². The van der Waals surface area contributed by atoms with E-state index in [1.807, 2.05) is 42.5 Å². The SMILES string of the molecule is CCCCCCCCCc1ccccc1O.CCCCCCCCc1ccccc1O.Oc1ccccc1. The third-order valence-electron chi connectivity index (χ3n) is 6.59. The quantitative estimate of drug-likeness (QED) is 0.175. The van der Waals surface area contributed by atoms with Crippen molar-refractivity contribution in [3.05, 3.63) is 90.0 Å². The van der Waals surface area contributed by atoms with Gasteiger partial charge in [0, 0.05) is 0 Å². The van der Waals surface area contributed by atoms with Crippen LogP contribution in [0.5, 0.6) is 17.2 Å². The lowest BCUT2D eigenvalue weighted by Gasteiger charge is -2.04. The number of hydrogen-bond acceptors (Lipinski definition) is 3. The number of aromatic hydroxyl groups is 3. The predicted molar refractivity (Wildman–Crippen MR) is 163 cm³/mol. The summed E-state index contributed by atoms with van der Waals surface area (Å²) in [6.07, 6.45) is 19.1. The monoisotopic (exact) mass is 520 g/mol. The van der Waals surface area contributed by atoms with Crippen molar-refractivity contribution in [2.24, 2.45) is 0 Å². The van der Waals surface area contributed by atoms with E-state index in [9.17, 15) is 10.2 Å². The van der Waals surface area contributed by atoms with Crippen molar-refractivity contribution in [2.75, 3.05) is 0 Å². The summed E-state index contributed by atoms with van der Waals surface area (Å²) in [6.45, 7) is 4.49. The molecule has 3 aromatic rings. The van der Waals surface area contributed by atoms with Crippen LogP contribution in [0.2, 0.25) is 0 Å². The molecule has 3 N–H and O–H groups in total. The summed E-state index contributed by atoms with van der Waals surface area (Å²) in [5.41, 5.74) is 2.18. The second-order valence-electron chi connectivity index (χ2n) is 9.98. The lowest BCUT2D eigenvalue weighted by atomic mass is 10.0. The first-order valence-electron chi connectivity index (χ1n) is 14.9. The van der Waals surface area contributed by atoms with E-state index >= 15 is 0 Å². The van der Waals surface area contributed by atoms with Crippen molar-refractivity contribution < 1.29 is 15.3 Å². The number of benzene rings is 3. The fourth-order valence-electron chi connectivity index (χ4n) is 4.24. The first-order valence-corrected chi connectivity index (χ1v) is 14.9. The van der Waals surface area contributed by atoms with E-state index in [4.69, 9.17) is 5.11 Å². The van der Waals surface area contributed by atoms with E-state index in [1.54, 1.807) is 36.4 Å². The molecule has 0 fully saturated rings. The molecule has 3 heteroatoms. The van der Waals surface area contributed by atoms with Gasteiger partial charge in [-0.1, -0.05) is 139 Å². The van der Waals surface area contributed by atoms with Crippen molar-refractivity contribution in [1.82, 2.24) is 0 Å². The summed E-state index contributed by atoms with van der Waals surface area (Å²) >= 11 is 0. The van der Waals surface area contributed by atoms with Crippen molar-refractivity contribution in [3.63, 3.8) is 0 Å². The van der Waals surface area contributed by atoms with Crippen LogP contribution in [0.3, 0.4) is 0 Å². The van der Waals surface area contributed by atoms with E-state index in [-0.39, 0.29) is 0 Å². The van der Waals surface area contributed by atoms with Crippen LogP contribution in [0, 0.1) is 0 Å². The van der Waals surface area contributed by atoms with Crippen molar-refractivity contribution in [3.8, 4) is 17.2 Å². The number of rotatable bonds is 15. The van der Waals surface area contributed by atoms with Gasteiger partial charge in [-0.3, -0.25) is 0 Å². The Balaban J connectivity index is 0.000000305. The number of phenolic OH excluding ortho intramolecular Hbond substituents is 3. The molecule has 0 atom stereocenters. The lowest BCUT2D eigenvalue weighted by Crippen LogP contribution is -1.87. The smallest absolute Gasteiger partial charge is 0.118 e. The third kappa shape index (κ3) is 17.5. The average Bonchev–Trinajstić information content (AvgIpc) is 2.93. The first-order chi connectivity index (χ1) is 18.6. The number of para-hydroxylation sites is 3. The average molecular weight is 521 g/mol. The minimum Gasteiger partial charge on any atom is -0.508 e. The molecule has 0 aliphatic carbocycles. The molecule has 0 aliphatic rings. The highest BCUT2D eigenvalue weighted by molar-refractivity contribution is 5.32. The van der Waals surface area contributed by atoms with Crippen LogP contribution in [-0.4, -0.2) is 15.3 Å². The molecule has 0 bridgehead atoms. The van der Waals surface area contributed by atoms with E-state index in [2.05, 4.69) is 13.8 Å². The van der Waals surface area contributed by atoms with Gasteiger partial charge in [-0.2, -0.15) is 0 Å². The first kappa shape index (κ1) is 33.1. The lowest BCUT2D eigenvalue weighted by molar-refractivity contribution is 0.465. The summed E-state index contributed by atoms with van der Waals surface area (Å²) in [4.78, 5) is 0. The zero-order chi connectivity index (χ0) is 27.7. The molecule has 3 aromatic carbocycles. The van der Waals surface area contributed by atoms with Gasteiger partial charge in [-0.25, -0.2) is 0 Å². The fraction of sp³-hybridized carbons (Fsp3) is 0.486. The molecule has 0 saturated carbocycles. The number of unbranched alkanes of at least 4 members (excludes halogenated alkanes) is 11. The molecular weight excluding hydrogens is 468 g/mol. The summed E-state index contributed by atoms with van der Waals surface area (Å²) in [5, 5.41) is 27.8. The normalized spacial score (nSPS) is 10.2. The van der Waals surface area contributed by atoms with Crippen LogP contribution < -0.4 is 0 Å². The molecule has 3 rings (SSSR count). The third-order valence-corrected chi connectivity index (χ3v) is 6.59. The van der Waals surface area contributed by atoms with Gasteiger partial charge in [0.05, 0.1) is 0 Å². The Bertz CT molecular complexity index is 923. The standard InChI is InChI=1S/C15H24O.C14H22O.C6H6O/c1-2-3-4-5-6-7-8-11-14-12-9-10-13-15(14)16;1-2-3-4-5-6-7-10-13-11-8-9-12-14(13)15;7-6-4-2-1-3-5-6/h9-10,12-13,16H,2-8,11H2,1H3;8-9,11-12,15H,2-7,10H2,1H3;1-5,7H. The van der Waals surface area contributed by atoms with Crippen molar-refractivity contribution in [1.29, 1.82) is 0 Å². The zero-order valence-electron chi connectivity index (χ0n) is 24.0. The minimum atomic E-state index is 0.322. The van der Waals surface area contributed by atoms with E-state index in [0.717, 1.165) is 24.0 Å². The maximum Gasteiger partial charge on any atom is 0.118 e. The van der Waals surface area contributed by atoms with Crippen LogP contribution in [0.15, 0.2) is 78.9 Å². The van der Waals surface area contributed by atoms with Crippen LogP contribution in [0.4, 0.5) is 0 Å². The predicted octanol–water partition coefficient (Wildman–Crippen LogP) is 10.4. The number of aryl methyl sites for hydroxylation is 2. The van der Waals surface area contributed by atoms with Crippen molar-refractivity contribution >= 4 is 0 Å². The van der Waals surface area contributed by atoms with E-state index in [0.29, 0.717) is 17.2 Å². The van der Waals surface area contributed by atoms with Crippen LogP contribution in [-0.2, 0) is 12.8 Å². The van der Waals surface area contributed by atoms with Crippen LogP contribution in [0.25, 0.3) is 0 Å². The Labute approximate surface area is 232 Å². The maximum absolute atomic E-state index is 9.58. The molecule has 0 aliphatic heterocycles. The zero-order valence-corrected chi connectivity index (χ0v) is 24.0. The van der Waals surface area contributed by atoms with Gasteiger partial charge in [0.2, 0.25) is 0 Å². The molecule has 0 amide bonds. The molecule has 0 spiro atoms. The van der Waals surface area contributed by atoms with Gasteiger partial charge >= 0.3 is 0 Å². The second kappa shape index (κ2) is 23.2. The maximum atomic E-state index is 9.58. The fourth-order valence-corrected chi connectivity index (χ4v) is 4.24. The molecule has 0 unspecified atom stereocenters. The molecular formula is C35H52O3. The second-order valence-corrected chi connectivity index (χ2v) is 9.98. The summed E-state index contributed by atoms with van der Waals surface area (Å²) in [6, 6.07) is 24.0. The topological polar surface area (TPSA) is 60.7 Å². The number of phenols is 3.